The number of aryl methyl sites for hydroxylation is 3. The minimum absolute atomic E-state index is 0.746. The molecule has 1 aliphatic heterocycles. The van der Waals surface area contributed by atoms with E-state index >= 15 is 0 Å². The van der Waals surface area contributed by atoms with Crippen LogP contribution in [0.5, 0.6) is 0 Å². The molecule has 1 saturated heterocycles. The van der Waals surface area contributed by atoms with Gasteiger partial charge in [-0.25, -0.2) is 0 Å². The Bertz CT molecular complexity index is 400. The molecule has 2 nitrogen and oxygen atoms in total. The highest BCUT2D eigenvalue weighted by Gasteiger charge is 2.17. The zero-order valence-electron chi connectivity index (χ0n) is 12.4. The van der Waals surface area contributed by atoms with Gasteiger partial charge in [0.05, 0.1) is 0 Å². The summed E-state index contributed by atoms with van der Waals surface area (Å²) in [4.78, 5) is 5.02. The van der Waals surface area contributed by atoms with Crippen LogP contribution in [0.15, 0.2) is 12.1 Å². The van der Waals surface area contributed by atoms with E-state index in [2.05, 4.69) is 42.7 Å². The van der Waals surface area contributed by atoms with Gasteiger partial charge in [0.2, 0.25) is 0 Å². The van der Waals surface area contributed by atoms with E-state index in [1.165, 1.54) is 22.3 Å². The van der Waals surface area contributed by atoms with Crippen LogP contribution in [0.1, 0.15) is 22.3 Å². The zero-order chi connectivity index (χ0) is 13.8. The molecule has 0 aliphatic carbocycles. The van der Waals surface area contributed by atoms with Gasteiger partial charge in [-0.2, -0.15) is 0 Å². The van der Waals surface area contributed by atoms with Crippen molar-refractivity contribution in [2.75, 3.05) is 38.6 Å². The van der Waals surface area contributed by atoms with Gasteiger partial charge in [-0.15, -0.1) is 11.6 Å². The van der Waals surface area contributed by atoms with Gasteiger partial charge in [-0.05, 0) is 37.5 Å². The first-order valence-electron chi connectivity index (χ1n) is 7.17. The molecule has 0 atom stereocenters. The van der Waals surface area contributed by atoms with Crippen LogP contribution in [0.2, 0.25) is 0 Å². The summed E-state index contributed by atoms with van der Waals surface area (Å²) in [6.45, 7) is 13.4. The second kappa shape index (κ2) is 6.74. The molecule has 0 radical (unpaired) electrons. The summed E-state index contributed by atoms with van der Waals surface area (Å²) < 4.78 is 0. The topological polar surface area (TPSA) is 6.48 Å². The average molecular weight is 281 g/mol. The second-order valence-corrected chi connectivity index (χ2v) is 6.06. The summed E-state index contributed by atoms with van der Waals surface area (Å²) in [5, 5.41) is 0. The fourth-order valence-electron chi connectivity index (χ4n) is 2.97. The first-order chi connectivity index (χ1) is 9.10. The molecule has 106 valence electrons. The van der Waals surface area contributed by atoms with Crippen LogP contribution in [0, 0.1) is 20.8 Å². The smallest absolute Gasteiger partial charge is 0.0351 e. The van der Waals surface area contributed by atoms with E-state index in [0.29, 0.717) is 0 Å². The lowest BCUT2D eigenvalue weighted by molar-refractivity contribution is 0.132. The van der Waals surface area contributed by atoms with E-state index < -0.39 is 0 Å². The molecule has 0 unspecified atom stereocenters. The van der Waals surface area contributed by atoms with Crippen LogP contribution < -0.4 is 0 Å². The maximum atomic E-state index is 5.80. The quantitative estimate of drug-likeness (QED) is 0.783. The first-order valence-corrected chi connectivity index (χ1v) is 7.71. The molecule has 0 saturated carbocycles. The van der Waals surface area contributed by atoms with Gasteiger partial charge in [-0.3, -0.25) is 9.80 Å². The molecule has 19 heavy (non-hydrogen) atoms. The summed E-state index contributed by atoms with van der Waals surface area (Å²) in [7, 11) is 0. The van der Waals surface area contributed by atoms with Crippen molar-refractivity contribution >= 4 is 11.6 Å². The molecule has 1 aromatic rings. The molecule has 0 aromatic heterocycles. The SMILES string of the molecule is Cc1cc(C)c(CN2CCN(CCCl)CC2)c(C)c1. The molecule has 3 heteroatoms. The Hall–Kier alpha value is -0.570. The van der Waals surface area contributed by atoms with Crippen molar-refractivity contribution in [3.63, 3.8) is 0 Å². The number of rotatable bonds is 4. The highest BCUT2D eigenvalue weighted by molar-refractivity contribution is 6.18. The molecular weight excluding hydrogens is 256 g/mol. The molecule has 2 rings (SSSR count). The monoisotopic (exact) mass is 280 g/mol. The van der Waals surface area contributed by atoms with Gasteiger partial charge in [-0.1, -0.05) is 17.7 Å². The van der Waals surface area contributed by atoms with Gasteiger partial charge < -0.3 is 0 Å². The van der Waals surface area contributed by atoms with Crippen LogP contribution in [-0.2, 0) is 6.54 Å². The zero-order valence-corrected chi connectivity index (χ0v) is 13.1. The summed E-state index contributed by atoms with van der Waals surface area (Å²) >= 11 is 5.80. The van der Waals surface area contributed by atoms with Crippen LogP contribution in [0.25, 0.3) is 0 Å². The maximum Gasteiger partial charge on any atom is 0.0351 e. The van der Waals surface area contributed by atoms with E-state index in [4.69, 9.17) is 11.6 Å². The van der Waals surface area contributed by atoms with Gasteiger partial charge in [0.25, 0.3) is 0 Å². The average Bonchev–Trinajstić information content (AvgIpc) is 2.36. The number of halogens is 1. The highest BCUT2D eigenvalue weighted by atomic mass is 35.5. The number of alkyl halides is 1. The van der Waals surface area contributed by atoms with Crippen molar-refractivity contribution in [3.05, 3.63) is 34.4 Å². The summed E-state index contributed by atoms with van der Waals surface area (Å²) in [6, 6.07) is 4.60. The molecular formula is C16H25ClN2. The molecule has 1 aliphatic rings. The highest BCUT2D eigenvalue weighted by Crippen LogP contribution is 2.19. The van der Waals surface area contributed by atoms with E-state index in [9.17, 15) is 0 Å². The lowest BCUT2D eigenvalue weighted by Crippen LogP contribution is -2.46. The maximum absolute atomic E-state index is 5.80. The summed E-state index contributed by atoms with van der Waals surface area (Å²) in [5.41, 5.74) is 5.74. The number of hydrogen-bond acceptors (Lipinski definition) is 2. The van der Waals surface area contributed by atoms with Crippen LogP contribution in [0.4, 0.5) is 0 Å². The largest absolute Gasteiger partial charge is 0.300 e. The predicted molar refractivity (Wildman–Crippen MR) is 83.1 cm³/mol. The molecule has 0 bridgehead atoms. The lowest BCUT2D eigenvalue weighted by atomic mass is 9.99. The Morgan fingerprint density at radius 3 is 2.00 bits per heavy atom. The van der Waals surface area contributed by atoms with Gasteiger partial charge >= 0.3 is 0 Å². The minimum atomic E-state index is 0.746. The molecule has 0 spiro atoms. The molecule has 0 amide bonds. The lowest BCUT2D eigenvalue weighted by Gasteiger charge is -2.35. The van der Waals surface area contributed by atoms with Crippen molar-refractivity contribution in [3.8, 4) is 0 Å². The first kappa shape index (κ1) is 14.8. The standard InChI is InChI=1S/C16H25ClN2/c1-13-10-14(2)16(15(3)11-13)12-19-8-6-18(5-4-17)7-9-19/h10-11H,4-9,12H2,1-3H3. The third-order valence-electron chi connectivity index (χ3n) is 4.09. The van der Waals surface area contributed by atoms with E-state index in [0.717, 1.165) is 45.1 Å². The van der Waals surface area contributed by atoms with Gasteiger partial charge in [0, 0.05) is 45.1 Å². The van der Waals surface area contributed by atoms with Crippen LogP contribution in [0.3, 0.4) is 0 Å². The molecule has 0 N–H and O–H groups in total. The van der Waals surface area contributed by atoms with Crippen molar-refractivity contribution in [1.82, 2.24) is 9.80 Å². The molecule has 1 fully saturated rings. The van der Waals surface area contributed by atoms with E-state index in [-0.39, 0.29) is 0 Å². The van der Waals surface area contributed by atoms with Crippen molar-refractivity contribution in [1.29, 1.82) is 0 Å². The van der Waals surface area contributed by atoms with Gasteiger partial charge in [0.15, 0.2) is 0 Å². The van der Waals surface area contributed by atoms with E-state index in [1.54, 1.807) is 0 Å². The van der Waals surface area contributed by atoms with Gasteiger partial charge in [0.1, 0.15) is 0 Å². The Kier molecular flexibility index (Phi) is 5.26. The molecule has 1 heterocycles. The van der Waals surface area contributed by atoms with Crippen molar-refractivity contribution in [2.24, 2.45) is 0 Å². The number of nitrogens with zero attached hydrogens (tertiary/aromatic N) is 2. The summed E-state index contributed by atoms with van der Waals surface area (Å²) in [6.07, 6.45) is 0. The van der Waals surface area contributed by atoms with Crippen molar-refractivity contribution < 1.29 is 0 Å². The fourth-order valence-corrected chi connectivity index (χ4v) is 3.21. The minimum Gasteiger partial charge on any atom is -0.300 e. The Morgan fingerprint density at radius 1 is 0.947 bits per heavy atom. The third kappa shape index (κ3) is 3.95. The Morgan fingerprint density at radius 2 is 1.47 bits per heavy atom. The van der Waals surface area contributed by atoms with Crippen LogP contribution in [-0.4, -0.2) is 48.4 Å². The summed E-state index contributed by atoms with van der Waals surface area (Å²) in [5.74, 6) is 0.746. The normalized spacial score (nSPS) is 17.9. The predicted octanol–water partition coefficient (Wildman–Crippen LogP) is 2.97. The third-order valence-corrected chi connectivity index (χ3v) is 4.26. The number of benzene rings is 1. The van der Waals surface area contributed by atoms with Crippen molar-refractivity contribution in [2.45, 2.75) is 27.3 Å². The Balaban J connectivity index is 1.96. The Labute approximate surface area is 122 Å². The fraction of sp³-hybridized carbons (Fsp3) is 0.625. The van der Waals surface area contributed by atoms with E-state index in [1.807, 2.05) is 0 Å². The molecule has 1 aromatic carbocycles. The van der Waals surface area contributed by atoms with Crippen LogP contribution >= 0.6 is 11.6 Å². The second-order valence-electron chi connectivity index (χ2n) is 5.68. The number of piperazine rings is 1. The number of hydrogen-bond donors (Lipinski definition) is 0.